The fourth-order valence-electron chi connectivity index (χ4n) is 2.20. The Hall–Kier alpha value is -1.19. The molecular weight excluding hydrogens is 212 g/mol. The third-order valence-corrected chi connectivity index (χ3v) is 3.27. The Bertz CT molecular complexity index is 364. The van der Waals surface area contributed by atoms with Gasteiger partial charge in [-0.05, 0) is 19.0 Å². The molecule has 1 aromatic carbocycles. The van der Waals surface area contributed by atoms with Crippen LogP contribution in [0.15, 0.2) is 30.3 Å². The zero-order valence-corrected chi connectivity index (χ0v) is 10.4. The maximum absolute atomic E-state index is 12.0. The molecule has 1 heterocycles. The molecule has 0 aliphatic carbocycles. The Labute approximate surface area is 103 Å². The van der Waals surface area contributed by atoms with E-state index >= 15 is 0 Å². The molecule has 1 N–H and O–H groups in total. The number of Topliss-reactive ketones (excluding diaryl/α,β-unsaturated/α-hetero) is 1. The molecule has 0 amide bonds. The molecule has 1 aliphatic heterocycles. The smallest absolute Gasteiger partial charge is 0.151 e. The first-order valence-electron chi connectivity index (χ1n) is 6.24. The average Bonchev–Trinajstić information content (AvgIpc) is 2.37. The van der Waals surface area contributed by atoms with Gasteiger partial charge in [0.05, 0.1) is 6.04 Å². The van der Waals surface area contributed by atoms with Crippen molar-refractivity contribution in [3.8, 4) is 0 Å². The first-order chi connectivity index (χ1) is 8.25. The van der Waals surface area contributed by atoms with Gasteiger partial charge in [-0.15, -0.1) is 0 Å². The van der Waals surface area contributed by atoms with Crippen molar-refractivity contribution in [2.24, 2.45) is 0 Å². The van der Waals surface area contributed by atoms with Crippen LogP contribution >= 0.6 is 0 Å². The first kappa shape index (κ1) is 12.3. The molecule has 1 unspecified atom stereocenters. The summed E-state index contributed by atoms with van der Waals surface area (Å²) in [6, 6.07) is 10.2. The molecule has 0 aromatic heterocycles. The molecular formula is C14H20N2O. The van der Waals surface area contributed by atoms with Gasteiger partial charge in [0.25, 0.3) is 0 Å². The maximum atomic E-state index is 12.0. The number of nitrogens with one attached hydrogen (secondary N) is 1. The first-order valence-corrected chi connectivity index (χ1v) is 6.24. The van der Waals surface area contributed by atoms with Crippen LogP contribution in [0.3, 0.4) is 0 Å². The number of likely N-dealkylation sites (N-methyl/N-ethyl adjacent to an activating group) is 1. The van der Waals surface area contributed by atoms with Crippen molar-refractivity contribution in [3.63, 3.8) is 0 Å². The van der Waals surface area contributed by atoms with Crippen LogP contribution in [0.5, 0.6) is 0 Å². The van der Waals surface area contributed by atoms with Crippen LogP contribution < -0.4 is 5.32 Å². The lowest BCUT2D eigenvalue weighted by molar-refractivity contribution is -0.122. The number of hydrogen-bond acceptors (Lipinski definition) is 3. The molecule has 1 fully saturated rings. The molecule has 1 atom stereocenters. The summed E-state index contributed by atoms with van der Waals surface area (Å²) >= 11 is 0. The molecule has 17 heavy (non-hydrogen) atoms. The number of nitrogens with zero attached hydrogens (tertiary/aromatic N) is 1. The van der Waals surface area contributed by atoms with E-state index in [4.69, 9.17) is 0 Å². The van der Waals surface area contributed by atoms with Gasteiger partial charge in [0.1, 0.15) is 0 Å². The lowest BCUT2D eigenvalue weighted by atomic mass is 10.0. The van der Waals surface area contributed by atoms with Gasteiger partial charge >= 0.3 is 0 Å². The predicted octanol–water partition coefficient (Wildman–Crippen LogP) is 1.09. The van der Waals surface area contributed by atoms with E-state index in [1.807, 2.05) is 18.2 Å². The minimum Gasteiger partial charge on any atom is -0.305 e. The number of rotatable bonds is 4. The van der Waals surface area contributed by atoms with E-state index in [9.17, 15) is 4.79 Å². The van der Waals surface area contributed by atoms with Crippen molar-refractivity contribution in [1.29, 1.82) is 0 Å². The fourth-order valence-corrected chi connectivity index (χ4v) is 2.20. The standard InChI is InChI=1S/C14H20N2O/c1-16-10-9-15-13(11-16)14(17)8-7-12-5-3-2-4-6-12/h2-6,13,15H,7-11H2,1H3. The Morgan fingerprint density at radius 1 is 1.41 bits per heavy atom. The summed E-state index contributed by atoms with van der Waals surface area (Å²) in [5.74, 6) is 0.334. The van der Waals surface area contributed by atoms with Crippen molar-refractivity contribution in [2.75, 3.05) is 26.7 Å². The molecule has 1 saturated heterocycles. The highest BCUT2D eigenvalue weighted by molar-refractivity contribution is 5.84. The molecule has 3 nitrogen and oxygen atoms in total. The lowest BCUT2D eigenvalue weighted by Gasteiger charge is -2.29. The summed E-state index contributed by atoms with van der Waals surface area (Å²) in [6.07, 6.45) is 1.48. The minimum absolute atomic E-state index is 0.0254. The number of hydrogen-bond donors (Lipinski definition) is 1. The van der Waals surface area contributed by atoms with Crippen LogP contribution in [0.4, 0.5) is 0 Å². The average molecular weight is 232 g/mol. The molecule has 0 radical (unpaired) electrons. The molecule has 0 bridgehead atoms. The highest BCUT2D eigenvalue weighted by Gasteiger charge is 2.22. The maximum Gasteiger partial charge on any atom is 0.151 e. The third-order valence-electron chi connectivity index (χ3n) is 3.27. The zero-order valence-electron chi connectivity index (χ0n) is 10.4. The van der Waals surface area contributed by atoms with Gasteiger partial charge in [-0.1, -0.05) is 30.3 Å². The molecule has 92 valence electrons. The molecule has 0 saturated carbocycles. The topological polar surface area (TPSA) is 32.3 Å². The molecule has 0 spiro atoms. The van der Waals surface area contributed by atoms with E-state index in [0.717, 1.165) is 26.1 Å². The largest absolute Gasteiger partial charge is 0.305 e. The molecule has 3 heteroatoms. The number of piperazine rings is 1. The quantitative estimate of drug-likeness (QED) is 0.843. The van der Waals surface area contributed by atoms with E-state index in [1.165, 1.54) is 5.56 Å². The van der Waals surface area contributed by atoms with Gasteiger partial charge in [-0.3, -0.25) is 4.79 Å². The summed E-state index contributed by atoms with van der Waals surface area (Å²) in [5.41, 5.74) is 1.24. The Kier molecular flexibility index (Phi) is 4.29. The van der Waals surface area contributed by atoms with Gasteiger partial charge in [-0.25, -0.2) is 0 Å². The van der Waals surface area contributed by atoms with Crippen LogP contribution in [0.25, 0.3) is 0 Å². The number of aryl methyl sites for hydroxylation is 1. The van der Waals surface area contributed by atoms with Crippen molar-refractivity contribution >= 4 is 5.78 Å². The molecule has 1 aromatic rings. The number of carbonyl (C=O) groups excluding carboxylic acids is 1. The van der Waals surface area contributed by atoms with Gasteiger partial charge in [0.15, 0.2) is 5.78 Å². The lowest BCUT2D eigenvalue weighted by Crippen LogP contribution is -2.52. The number of benzene rings is 1. The second kappa shape index (κ2) is 5.94. The number of carbonyl (C=O) groups is 1. The highest BCUT2D eigenvalue weighted by atomic mass is 16.1. The number of ketones is 1. The Morgan fingerprint density at radius 2 is 2.18 bits per heavy atom. The van der Waals surface area contributed by atoms with E-state index < -0.39 is 0 Å². The third kappa shape index (κ3) is 3.65. The summed E-state index contributed by atoms with van der Waals surface area (Å²) in [4.78, 5) is 14.2. The highest BCUT2D eigenvalue weighted by Crippen LogP contribution is 2.06. The van der Waals surface area contributed by atoms with Crippen LogP contribution in [-0.4, -0.2) is 43.4 Å². The Balaban J connectivity index is 1.81. The minimum atomic E-state index is 0.0254. The van der Waals surface area contributed by atoms with Gasteiger partial charge in [0, 0.05) is 26.1 Å². The zero-order chi connectivity index (χ0) is 12.1. The van der Waals surface area contributed by atoms with Gasteiger partial charge in [-0.2, -0.15) is 0 Å². The van der Waals surface area contributed by atoms with E-state index in [1.54, 1.807) is 0 Å². The second-order valence-corrected chi connectivity index (χ2v) is 4.72. The van der Waals surface area contributed by atoms with Crippen LogP contribution in [-0.2, 0) is 11.2 Å². The second-order valence-electron chi connectivity index (χ2n) is 4.72. The van der Waals surface area contributed by atoms with E-state index in [-0.39, 0.29) is 6.04 Å². The summed E-state index contributed by atoms with van der Waals surface area (Å²) in [6.45, 7) is 2.79. The normalized spacial score (nSPS) is 21.4. The summed E-state index contributed by atoms with van der Waals surface area (Å²) in [7, 11) is 2.07. The fraction of sp³-hybridized carbons (Fsp3) is 0.500. The van der Waals surface area contributed by atoms with Crippen molar-refractivity contribution < 1.29 is 4.79 Å². The van der Waals surface area contributed by atoms with E-state index in [0.29, 0.717) is 12.2 Å². The van der Waals surface area contributed by atoms with Crippen LogP contribution in [0, 0.1) is 0 Å². The van der Waals surface area contributed by atoms with Crippen molar-refractivity contribution in [2.45, 2.75) is 18.9 Å². The molecule has 1 aliphatic rings. The van der Waals surface area contributed by atoms with Crippen molar-refractivity contribution in [3.05, 3.63) is 35.9 Å². The van der Waals surface area contributed by atoms with Crippen LogP contribution in [0.1, 0.15) is 12.0 Å². The monoisotopic (exact) mass is 232 g/mol. The van der Waals surface area contributed by atoms with Crippen molar-refractivity contribution in [1.82, 2.24) is 10.2 Å². The summed E-state index contributed by atoms with van der Waals surface area (Å²) < 4.78 is 0. The van der Waals surface area contributed by atoms with E-state index in [2.05, 4.69) is 29.4 Å². The SMILES string of the molecule is CN1CCNC(C(=O)CCc2ccccc2)C1. The van der Waals surface area contributed by atoms with Gasteiger partial charge < -0.3 is 10.2 Å². The predicted molar refractivity (Wildman–Crippen MR) is 69.1 cm³/mol. The van der Waals surface area contributed by atoms with Gasteiger partial charge in [0.2, 0.25) is 0 Å². The summed E-state index contributed by atoms with van der Waals surface area (Å²) in [5, 5.41) is 3.29. The molecule has 2 rings (SSSR count). The van der Waals surface area contributed by atoms with Crippen LogP contribution in [0.2, 0.25) is 0 Å². The Morgan fingerprint density at radius 3 is 2.88 bits per heavy atom.